The Balaban J connectivity index is 1.42. The van der Waals surface area contributed by atoms with Gasteiger partial charge in [0.25, 0.3) is 0 Å². The van der Waals surface area contributed by atoms with E-state index in [4.69, 9.17) is 4.98 Å². The average Bonchev–Trinajstić information content (AvgIpc) is 3.32. The van der Waals surface area contributed by atoms with Crippen molar-refractivity contribution in [3.8, 4) is 0 Å². The second-order valence-electron chi connectivity index (χ2n) is 7.62. The van der Waals surface area contributed by atoms with Crippen LogP contribution in [0.4, 0.5) is 5.69 Å². The fourth-order valence-corrected chi connectivity index (χ4v) is 4.82. The van der Waals surface area contributed by atoms with Gasteiger partial charge >= 0.3 is 0 Å². The number of thioether (sulfide) groups is 1. The third-order valence-corrected chi connectivity index (χ3v) is 6.52. The minimum atomic E-state index is 0.0867. The summed E-state index contributed by atoms with van der Waals surface area (Å²) in [7, 11) is 2.08. The average molecular weight is 401 g/mol. The van der Waals surface area contributed by atoms with Gasteiger partial charge in [-0.05, 0) is 45.2 Å². The quantitative estimate of drug-likeness (QED) is 0.502. The van der Waals surface area contributed by atoms with Gasteiger partial charge in [-0.15, -0.1) is 0 Å². The normalized spacial score (nSPS) is 14.4. The summed E-state index contributed by atoms with van der Waals surface area (Å²) < 4.78 is 2.37. The molecule has 1 aliphatic rings. The summed E-state index contributed by atoms with van der Waals surface area (Å²) in [6.45, 7) is 5.83. The number of carbonyl (C=O) groups is 1. The molecule has 1 aromatic heterocycles. The first-order valence-electron chi connectivity index (χ1n) is 10.3. The maximum absolute atomic E-state index is 12.3. The molecule has 1 heterocycles. The third kappa shape index (κ3) is 5.31. The van der Waals surface area contributed by atoms with Gasteiger partial charge in [-0.1, -0.05) is 42.8 Å². The van der Waals surface area contributed by atoms with Gasteiger partial charge in [0.15, 0.2) is 5.16 Å². The number of imidazole rings is 1. The highest BCUT2D eigenvalue weighted by molar-refractivity contribution is 7.99. The fourth-order valence-electron chi connectivity index (χ4n) is 3.83. The number of rotatable bonds is 9. The highest BCUT2D eigenvalue weighted by Gasteiger charge is 2.23. The summed E-state index contributed by atoms with van der Waals surface area (Å²) in [4.78, 5) is 19.2. The van der Waals surface area contributed by atoms with E-state index in [1.807, 2.05) is 18.2 Å². The van der Waals surface area contributed by atoms with E-state index in [9.17, 15) is 4.79 Å². The van der Waals surface area contributed by atoms with Crippen LogP contribution in [0.2, 0.25) is 0 Å². The molecule has 1 N–H and O–H groups in total. The minimum absolute atomic E-state index is 0.0867. The zero-order valence-corrected chi connectivity index (χ0v) is 18.1. The zero-order valence-electron chi connectivity index (χ0n) is 17.3. The first-order valence-corrected chi connectivity index (χ1v) is 11.3. The Labute approximate surface area is 172 Å². The topological polar surface area (TPSA) is 50.2 Å². The van der Waals surface area contributed by atoms with E-state index >= 15 is 0 Å². The predicted molar refractivity (Wildman–Crippen MR) is 117 cm³/mol. The molecule has 1 amide bonds. The number of hydrogen-bond donors (Lipinski definition) is 1. The van der Waals surface area contributed by atoms with Crippen LogP contribution in [0.1, 0.15) is 49.5 Å². The van der Waals surface area contributed by atoms with E-state index in [0.717, 1.165) is 23.8 Å². The molecule has 1 saturated carbocycles. The molecule has 5 nitrogen and oxygen atoms in total. The van der Waals surface area contributed by atoms with E-state index in [-0.39, 0.29) is 5.91 Å². The summed E-state index contributed by atoms with van der Waals surface area (Å²) in [6, 6.07) is 10.9. The molecule has 28 heavy (non-hydrogen) atoms. The van der Waals surface area contributed by atoms with Gasteiger partial charge in [-0.2, -0.15) is 0 Å². The molecule has 1 aliphatic carbocycles. The highest BCUT2D eigenvalue weighted by Crippen LogP contribution is 2.35. The molecule has 2 aromatic rings. The number of carbonyl (C=O) groups excluding carboxylic acids is 1. The van der Waals surface area contributed by atoms with Crippen LogP contribution < -0.4 is 10.2 Å². The molecule has 0 bridgehead atoms. The van der Waals surface area contributed by atoms with E-state index in [2.05, 4.69) is 47.8 Å². The molecule has 0 unspecified atom stereocenters. The van der Waals surface area contributed by atoms with Crippen molar-refractivity contribution in [2.24, 2.45) is 0 Å². The van der Waals surface area contributed by atoms with E-state index in [0.29, 0.717) is 18.3 Å². The smallest absolute Gasteiger partial charge is 0.230 e. The minimum Gasteiger partial charge on any atom is -0.375 e. The van der Waals surface area contributed by atoms with Crippen LogP contribution in [-0.2, 0) is 4.79 Å². The highest BCUT2D eigenvalue weighted by atomic mass is 32.2. The number of aromatic nitrogens is 2. The Morgan fingerprint density at radius 1 is 1.25 bits per heavy atom. The van der Waals surface area contributed by atoms with E-state index in [1.54, 1.807) is 11.8 Å². The van der Waals surface area contributed by atoms with Crippen LogP contribution in [0, 0.1) is 13.8 Å². The van der Waals surface area contributed by atoms with Crippen molar-refractivity contribution in [3.63, 3.8) is 0 Å². The number of hydrogen-bond acceptors (Lipinski definition) is 4. The molecule has 6 heteroatoms. The Morgan fingerprint density at radius 2 is 1.96 bits per heavy atom. The lowest BCUT2D eigenvalue weighted by Gasteiger charge is -2.19. The summed E-state index contributed by atoms with van der Waals surface area (Å²) in [5, 5.41) is 4.05. The molecular weight excluding hydrogens is 368 g/mol. The van der Waals surface area contributed by atoms with Crippen molar-refractivity contribution in [1.82, 2.24) is 14.9 Å². The van der Waals surface area contributed by atoms with Gasteiger partial charge in [0.1, 0.15) is 0 Å². The van der Waals surface area contributed by atoms with Crippen LogP contribution in [0.3, 0.4) is 0 Å². The first-order chi connectivity index (χ1) is 13.6. The molecule has 152 valence electrons. The van der Waals surface area contributed by atoms with Gasteiger partial charge in [-0.3, -0.25) is 4.79 Å². The monoisotopic (exact) mass is 400 g/mol. The van der Waals surface area contributed by atoms with Crippen molar-refractivity contribution in [1.29, 1.82) is 0 Å². The van der Waals surface area contributed by atoms with Crippen molar-refractivity contribution in [3.05, 3.63) is 41.7 Å². The molecular formula is C22H32N4OS. The zero-order chi connectivity index (χ0) is 19.9. The number of anilines is 1. The lowest BCUT2D eigenvalue weighted by atomic mass is 10.2. The molecule has 3 rings (SSSR count). The molecule has 1 aromatic carbocycles. The second kappa shape index (κ2) is 10.0. The molecule has 0 aliphatic heterocycles. The summed E-state index contributed by atoms with van der Waals surface area (Å²) in [6.07, 6.45) is 5.97. The van der Waals surface area contributed by atoms with Crippen molar-refractivity contribution in [2.45, 2.75) is 57.1 Å². The lowest BCUT2D eigenvalue weighted by molar-refractivity contribution is -0.118. The predicted octanol–water partition coefficient (Wildman–Crippen LogP) is 4.35. The molecule has 0 radical (unpaired) electrons. The van der Waals surface area contributed by atoms with Gasteiger partial charge < -0.3 is 14.8 Å². The van der Waals surface area contributed by atoms with Crippen molar-refractivity contribution < 1.29 is 4.79 Å². The van der Waals surface area contributed by atoms with E-state index in [1.165, 1.54) is 37.1 Å². The maximum Gasteiger partial charge on any atom is 0.230 e. The Morgan fingerprint density at radius 3 is 2.68 bits per heavy atom. The summed E-state index contributed by atoms with van der Waals surface area (Å²) >= 11 is 1.57. The van der Waals surface area contributed by atoms with Crippen molar-refractivity contribution in [2.75, 3.05) is 30.8 Å². The standard InChI is InChI=1S/C22H32N4OS/c1-17-18(2)26(20-12-7-8-13-20)22(24-17)28-16-21(27)23-14-9-15-25(3)19-10-5-4-6-11-19/h4-6,10-11,20H,7-9,12-16H2,1-3H3,(H,23,27). The van der Waals surface area contributed by atoms with Crippen LogP contribution in [0.5, 0.6) is 0 Å². The number of nitrogens with one attached hydrogen (secondary N) is 1. The number of nitrogens with zero attached hydrogens (tertiary/aromatic N) is 3. The fraction of sp³-hybridized carbons (Fsp3) is 0.545. The third-order valence-electron chi connectivity index (χ3n) is 5.57. The van der Waals surface area contributed by atoms with Gasteiger partial charge in [0.2, 0.25) is 5.91 Å². The van der Waals surface area contributed by atoms with Gasteiger partial charge in [-0.25, -0.2) is 4.98 Å². The lowest BCUT2D eigenvalue weighted by Crippen LogP contribution is -2.29. The Kier molecular flexibility index (Phi) is 7.43. The van der Waals surface area contributed by atoms with Gasteiger partial charge in [0.05, 0.1) is 11.4 Å². The molecule has 0 spiro atoms. The maximum atomic E-state index is 12.3. The second-order valence-corrected chi connectivity index (χ2v) is 8.57. The van der Waals surface area contributed by atoms with Crippen LogP contribution in [0.25, 0.3) is 0 Å². The van der Waals surface area contributed by atoms with Crippen LogP contribution >= 0.6 is 11.8 Å². The van der Waals surface area contributed by atoms with Crippen LogP contribution in [0.15, 0.2) is 35.5 Å². The first kappa shape index (κ1) is 20.8. The number of benzene rings is 1. The SMILES string of the molecule is Cc1nc(SCC(=O)NCCCN(C)c2ccccc2)n(C2CCCC2)c1C. The largest absolute Gasteiger partial charge is 0.375 e. The van der Waals surface area contributed by atoms with Gasteiger partial charge in [0, 0.05) is 37.6 Å². The molecule has 0 saturated heterocycles. The van der Waals surface area contributed by atoms with Crippen molar-refractivity contribution >= 4 is 23.4 Å². The van der Waals surface area contributed by atoms with Crippen LogP contribution in [-0.4, -0.2) is 41.3 Å². The number of para-hydroxylation sites is 1. The molecule has 1 fully saturated rings. The Bertz CT molecular complexity index is 768. The summed E-state index contributed by atoms with van der Waals surface area (Å²) in [5.41, 5.74) is 3.53. The summed E-state index contributed by atoms with van der Waals surface area (Å²) in [5.74, 6) is 0.514. The Hall–Kier alpha value is -1.95. The van der Waals surface area contributed by atoms with E-state index < -0.39 is 0 Å². The number of amides is 1. The molecule has 0 atom stereocenters. The number of aryl methyl sites for hydroxylation is 1.